The van der Waals surface area contributed by atoms with Gasteiger partial charge < -0.3 is 10.6 Å². The first-order valence-corrected chi connectivity index (χ1v) is 10.0. The minimum absolute atomic E-state index is 0.209. The number of fused-ring (bicyclic) bond motifs is 1. The molecule has 1 unspecified atom stereocenters. The molecule has 128 valence electrons. The van der Waals surface area contributed by atoms with Gasteiger partial charge in [-0.2, -0.15) is 0 Å². The van der Waals surface area contributed by atoms with Gasteiger partial charge in [0.25, 0.3) is 0 Å². The average molecular weight is 410 g/mol. The van der Waals surface area contributed by atoms with Gasteiger partial charge in [-0.25, -0.2) is 4.98 Å². The van der Waals surface area contributed by atoms with E-state index in [1.54, 1.807) is 4.90 Å². The molecule has 7 heteroatoms. The standard InChI is InChI=1S/C17H20BrN3O2S/c18-8-5-11-6-9-21(10-7-11)17(23)14(15(19)22)16-20-12-3-1-2-4-13(12)24-16/h1-4,11,14H,5-10H2,(H2,19,22). The summed E-state index contributed by atoms with van der Waals surface area (Å²) in [5, 5.41) is 1.48. The van der Waals surface area contributed by atoms with Crippen molar-refractivity contribution in [1.82, 2.24) is 9.88 Å². The summed E-state index contributed by atoms with van der Waals surface area (Å²) in [5.41, 5.74) is 6.35. The van der Waals surface area contributed by atoms with Crippen molar-refractivity contribution in [2.45, 2.75) is 25.2 Å². The van der Waals surface area contributed by atoms with Crippen LogP contribution in [0.5, 0.6) is 0 Å². The topological polar surface area (TPSA) is 76.3 Å². The van der Waals surface area contributed by atoms with Crippen LogP contribution in [-0.2, 0) is 9.59 Å². The number of thiazole rings is 1. The second kappa shape index (κ2) is 7.61. The Morgan fingerprint density at radius 1 is 1.33 bits per heavy atom. The lowest BCUT2D eigenvalue weighted by Crippen LogP contribution is -2.44. The van der Waals surface area contributed by atoms with E-state index in [1.807, 2.05) is 24.3 Å². The smallest absolute Gasteiger partial charge is 0.242 e. The van der Waals surface area contributed by atoms with Gasteiger partial charge in [0.2, 0.25) is 11.8 Å². The number of piperidine rings is 1. The Morgan fingerprint density at radius 3 is 2.67 bits per heavy atom. The largest absolute Gasteiger partial charge is 0.369 e. The van der Waals surface area contributed by atoms with Crippen molar-refractivity contribution in [2.75, 3.05) is 18.4 Å². The highest BCUT2D eigenvalue weighted by molar-refractivity contribution is 9.09. The van der Waals surface area contributed by atoms with Crippen molar-refractivity contribution < 1.29 is 9.59 Å². The summed E-state index contributed by atoms with van der Waals surface area (Å²) in [6.07, 6.45) is 3.07. The highest BCUT2D eigenvalue weighted by atomic mass is 79.9. The maximum atomic E-state index is 12.9. The van der Waals surface area contributed by atoms with Crippen LogP contribution in [0.3, 0.4) is 0 Å². The maximum Gasteiger partial charge on any atom is 0.242 e. The van der Waals surface area contributed by atoms with Crippen molar-refractivity contribution in [3.05, 3.63) is 29.3 Å². The number of likely N-dealkylation sites (tertiary alicyclic amines) is 1. The van der Waals surface area contributed by atoms with E-state index in [9.17, 15) is 9.59 Å². The van der Waals surface area contributed by atoms with Gasteiger partial charge in [0.05, 0.1) is 10.2 Å². The SMILES string of the molecule is NC(=O)C(C(=O)N1CCC(CCBr)CC1)c1nc2ccccc2s1. The predicted octanol–water partition coefficient (Wildman–Crippen LogP) is 2.89. The van der Waals surface area contributed by atoms with Gasteiger partial charge >= 0.3 is 0 Å². The second-order valence-electron chi connectivity index (χ2n) is 6.10. The molecule has 1 atom stereocenters. The molecule has 1 fully saturated rings. The van der Waals surface area contributed by atoms with Crippen LogP contribution < -0.4 is 5.73 Å². The van der Waals surface area contributed by atoms with Gasteiger partial charge in [0, 0.05) is 18.4 Å². The summed E-state index contributed by atoms with van der Waals surface area (Å²) in [7, 11) is 0. The van der Waals surface area contributed by atoms with Gasteiger partial charge in [0.15, 0.2) is 5.92 Å². The third kappa shape index (κ3) is 3.62. The number of nitrogens with two attached hydrogens (primary N) is 1. The summed E-state index contributed by atoms with van der Waals surface area (Å²) in [6, 6.07) is 7.62. The molecule has 2 heterocycles. The molecule has 2 amide bonds. The summed E-state index contributed by atoms with van der Waals surface area (Å²) in [5.74, 6) is -1.17. The number of amides is 2. The zero-order chi connectivity index (χ0) is 17.1. The highest BCUT2D eigenvalue weighted by Crippen LogP contribution is 2.30. The van der Waals surface area contributed by atoms with Crippen LogP contribution in [0.1, 0.15) is 30.2 Å². The number of aromatic nitrogens is 1. The highest BCUT2D eigenvalue weighted by Gasteiger charge is 2.35. The normalized spacial score (nSPS) is 17.1. The number of hydrogen-bond donors (Lipinski definition) is 1. The Bertz CT molecular complexity index is 707. The summed E-state index contributed by atoms with van der Waals surface area (Å²) in [4.78, 5) is 31.1. The van der Waals surface area contributed by atoms with Crippen LogP contribution >= 0.6 is 27.3 Å². The molecule has 2 N–H and O–H groups in total. The van der Waals surface area contributed by atoms with E-state index in [-0.39, 0.29) is 5.91 Å². The Labute approximate surface area is 153 Å². The minimum atomic E-state index is -0.977. The van der Waals surface area contributed by atoms with Crippen LogP contribution in [0.15, 0.2) is 24.3 Å². The van der Waals surface area contributed by atoms with Gasteiger partial charge in [-0.3, -0.25) is 9.59 Å². The van der Waals surface area contributed by atoms with Gasteiger partial charge in [0.1, 0.15) is 5.01 Å². The van der Waals surface area contributed by atoms with E-state index in [2.05, 4.69) is 20.9 Å². The molecule has 1 saturated heterocycles. The molecule has 0 aliphatic carbocycles. The number of carbonyl (C=O) groups excluding carboxylic acids is 2. The van der Waals surface area contributed by atoms with E-state index >= 15 is 0 Å². The molecule has 24 heavy (non-hydrogen) atoms. The molecule has 0 saturated carbocycles. The fourth-order valence-electron chi connectivity index (χ4n) is 3.14. The Kier molecular flexibility index (Phi) is 5.50. The van der Waals surface area contributed by atoms with E-state index in [1.165, 1.54) is 11.3 Å². The number of nitrogens with zero attached hydrogens (tertiary/aromatic N) is 2. The predicted molar refractivity (Wildman–Crippen MR) is 99.3 cm³/mol. The van der Waals surface area contributed by atoms with Crippen molar-refractivity contribution >= 4 is 49.3 Å². The van der Waals surface area contributed by atoms with Crippen molar-refractivity contribution in [3.8, 4) is 0 Å². The maximum absolute atomic E-state index is 12.9. The minimum Gasteiger partial charge on any atom is -0.369 e. The van der Waals surface area contributed by atoms with E-state index < -0.39 is 11.8 Å². The van der Waals surface area contributed by atoms with E-state index in [0.29, 0.717) is 24.0 Å². The zero-order valence-electron chi connectivity index (χ0n) is 13.3. The first-order chi connectivity index (χ1) is 11.6. The summed E-state index contributed by atoms with van der Waals surface area (Å²) >= 11 is 4.84. The van der Waals surface area contributed by atoms with Crippen molar-refractivity contribution in [2.24, 2.45) is 11.7 Å². The molecule has 0 bridgehead atoms. The van der Waals surface area contributed by atoms with Crippen LogP contribution in [0.25, 0.3) is 10.2 Å². The summed E-state index contributed by atoms with van der Waals surface area (Å²) < 4.78 is 0.961. The van der Waals surface area contributed by atoms with Crippen molar-refractivity contribution in [3.63, 3.8) is 0 Å². The number of carbonyl (C=O) groups is 2. The number of benzene rings is 1. The van der Waals surface area contributed by atoms with Crippen LogP contribution in [0.4, 0.5) is 0 Å². The number of alkyl halides is 1. The number of rotatable bonds is 5. The molecule has 0 radical (unpaired) electrons. The lowest BCUT2D eigenvalue weighted by molar-refractivity contribution is -0.138. The molecular weight excluding hydrogens is 390 g/mol. The molecular formula is C17H20BrN3O2S. The molecule has 1 aromatic carbocycles. The van der Waals surface area contributed by atoms with Gasteiger partial charge in [-0.15, -0.1) is 11.3 Å². The number of halogens is 1. The van der Waals surface area contributed by atoms with Crippen LogP contribution in [-0.4, -0.2) is 40.1 Å². The summed E-state index contributed by atoms with van der Waals surface area (Å²) in [6.45, 7) is 1.37. The quantitative estimate of drug-likeness (QED) is 0.608. The third-order valence-corrected chi connectivity index (χ3v) is 6.09. The molecule has 1 aliphatic rings. The molecule has 0 spiro atoms. The van der Waals surface area contributed by atoms with E-state index in [4.69, 9.17) is 5.73 Å². The molecule has 1 aromatic heterocycles. The molecule has 3 rings (SSSR count). The lowest BCUT2D eigenvalue weighted by atomic mass is 9.93. The molecule has 1 aliphatic heterocycles. The van der Waals surface area contributed by atoms with Crippen LogP contribution in [0, 0.1) is 5.92 Å². The molecule has 2 aromatic rings. The fraction of sp³-hybridized carbons (Fsp3) is 0.471. The second-order valence-corrected chi connectivity index (χ2v) is 7.96. The third-order valence-electron chi connectivity index (χ3n) is 4.53. The number of para-hydroxylation sites is 1. The zero-order valence-corrected chi connectivity index (χ0v) is 15.7. The fourth-order valence-corrected chi connectivity index (χ4v) is 4.86. The Hall–Kier alpha value is -1.47. The first kappa shape index (κ1) is 17.4. The van der Waals surface area contributed by atoms with Gasteiger partial charge in [-0.05, 0) is 37.3 Å². The van der Waals surface area contributed by atoms with E-state index in [0.717, 1.165) is 34.8 Å². The lowest BCUT2D eigenvalue weighted by Gasteiger charge is -2.33. The molecule has 5 nitrogen and oxygen atoms in total. The first-order valence-electron chi connectivity index (χ1n) is 8.09. The number of hydrogen-bond acceptors (Lipinski definition) is 4. The Morgan fingerprint density at radius 2 is 2.04 bits per heavy atom. The van der Waals surface area contributed by atoms with Crippen LogP contribution in [0.2, 0.25) is 0 Å². The number of primary amides is 1. The van der Waals surface area contributed by atoms with Gasteiger partial charge in [-0.1, -0.05) is 28.1 Å². The Balaban J connectivity index is 1.78. The average Bonchev–Trinajstić information content (AvgIpc) is 2.98. The van der Waals surface area contributed by atoms with Crippen molar-refractivity contribution in [1.29, 1.82) is 0 Å². The monoisotopic (exact) mass is 409 g/mol.